The number of aromatic nitrogens is 6. The van der Waals surface area contributed by atoms with Crippen molar-refractivity contribution < 1.29 is 106 Å². The molecule has 0 saturated carbocycles. The van der Waals surface area contributed by atoms with Gasteiger partial charge in [-0.15, -0.1) is 0 Å². The molecule has 0 radical (unpaired) electrons. The summed E-state index contributed by atoms with van der Waals surface area (Å²) < 4.78 is 60.2. The number of esters is 2. The molecule has 0 bridgehead atoms. The summed E-state index contributed by atoms with van der Waals surface area (Å²) in [5, 5.41) is 36.4. The molecule has 11 N–H and O–H groups in total. The Bertz CT molecular complexity index is 3170. The molecule has 6 heterocycles. The normalized spacial score (nSPS) is 10.1. The van der Waals surface area contributed by atoms with Gasteiger partial charge in [-0.05, 0) is 107 Å². The largest absolute Gasteiger partial charge is 0.506 e. The highest BCUT2D eigenvalue weighted by atomic mass is 16.6. The van der Waals surface area contributed by atoms with Gasteiger partial charge in [0.05, 0.1) is 83.4 Å². The lowest BCUT2D eigenvalue weighted by Crippen LogP contribution is -2.38. The third kappa shape index (κ3) is 41.9. The second-order valence-corrected chi connectivity index (χ2v) is 19.8. The third-order valence-electron chi connectivity index (χ3n) is 10.8. The van der Waals surface area contributed by atoms with Gasteiger partial charge in [-0.1, -0.05) is 0 Å². The lowest BCUT2D eigenvalue weighted by atomic mass is 10.2. The van der Waals surface area contributed by atoms with E-state index in [0.717, 1.165) is 0 Å². The number of hydrogen-bond donors (Lipinski definition) is 9. The molecule has 34 heteroatoms. The molecule has 0 aliphatic rings. The number of alkyl carbamates (subject to hydrolysis) is 1. The molecular formula is C65H92N12O22. The Kier molecular flexibility index (Phi) is 46.9. The maximum absolute atomic E-state index is 11.9. The van der Waals surface area contributed by atoms with Crippen molar-refractivity contribution in [2.45, 2.75) is 40.2 Å². The fraction of sp³-hybridized carbons (Fsp3) is 0.431. The van der Waals surface area contributed by atoms with Crippen LogP contribution in [0.3, 0.4) is 0 Å². The number of aliphatic hydroxyl groups excluding tert-OH is 1. The molecule has 0 fully saturated rings. The van der Waals surface area contributed by atoms with Crippen molar-refractivity contribution in [3.05, 3.63) is 144 Å². The molecule has 0 aromatic carbocycles. The number of aromatic hydroxyl groups is 1. The molecule has 34 nitrogen and oxygen atoms in total. The zero-order valence-electron chi connectivity index (χ0n) is 57.1. The number of nitrogens with zero attached hydrogens (tertiary/aromatic N) is 6. The van der Waals surface area contributed by atoms with Gasteiger partial charge >= 0.3 is 24.0 Å². The minimum atomic E-state index is -1.05. The van der Waals surface area contributed by atoms with Crippen LogP contribution in [-0.4, -0.2) is 240 Å². The minimum absolute atomic E-state index is 0.00379. The number of carbonyl (C=O) groups is 7. The Labute approximate surface area is 574 Å². The van der Waals surface area contributed by atoms with Crippen LogP contribution in [0.15, 0.2) is 110 Å². The van der Waals surface area contributed by atoms with Crippen molar-refractivity contribution >= 4 is 41.7 Å². The fourth-order valence-electron chi connectivity index (χ4n) is 6.33. The third-order valence-corrected chi connectivity index (χ3v) is 10.8. The van der Waals surface area contributed by atoms with Gasteiger partial charge in [-0.3, -0.25) is 14.4 Å². The molecule has 0 unspecified atom stereocenters. The molecule has 6 rings (SSSR count). The Morgan fingerprint density at radius 2 is 0.717 bits per heavy atom. The van der Waals surface area contributed by atoms with Crippen LogP contribution in [0.2, 0.25) is 0 Å². The van der Waals surface area contributed by atoms with E-state index >= 15 is 0 Å². The number of amides is 4. The van der Waals surface area contributed by atoms with Crippen LogP contribution in [0.25, 0.3) is 0 Å². The number of hydrogen-bond acceptors (Lipinski definition) is 29. The Morgan fingerprint density at radius 3 is 0.990 bits per heavy atom. The number of carboxylic acid groups (broad SMARTS) is 1. The highest BCUT2D eigenvalue weighted by molar-refractivity contribution is 5.93. The van der Waals surface area contributed by atoms with Crippen molar-refractivity contribution in [3.8, 4) is 34.5 Å². The highest BCUT2D eigenvalue weighted by Gasteiger charge is 2.16. The van der Waals surface area contributed by atoms with Gasteiger partial charge < -0.3 is 105 Å². The van der Waals surface area contributed by atoms with Gasteiger partial charge in [-0.25, -0.2) is 49.1 Å². The van der Waals surface area contributed by atoms with Crippen LogP contribution in [0, 0.1) is 0 Å². The van der Waals surface area contributed by atoms with E-state index in [1.807, 2.05) is 0 Å². The van der Waals surface area contributed by atoms with Crippen molar-refractivity contribution in [3.63, 3.8) is 0 Å². The summed E-state index contributed by atoms with van der Waals surface area (Å²) in [6.07, 6.45) is 7.96. The van der Waals surface area contributed by atoms with Crippen LogP contribution in [0.5, 0.6) is 34.5 Å². The maximum Gasteiger partial charge on any atom is 0.407 e. The van der Waals surface area contributed by atoms with Crippen LogP contribution >= 0.6 is 0 Å². The number of pyridine rings is 6. The van der Waals surface area contributed by atoms with E-state index in [2.05, 4.69) is 55.9 Å². The van der Waals surface area contributed by atoms with Crippen LogP contribution in [0.4, 0.5) is 4.79 Å². The number of nitrogens with one attached hydrogen (secondary N) is 4. The smallest absolute Gasteiger partial charge is 0.407 e. The minimum Gasteiger partial charge on any atom is -0.506 e. The summed E-state index contributed by atoms with van der Waals surface area (Å²) in [6.45, 7) is 15.6. The van der Waals surface area contributed by atoms with E-state index in [-0.39, 0.29) is 72.6 Å². The van der Waals surface area contributed by atoms with Crippen LogP contribution < -0.4 is 56.4 Å². The van der Waals surface area contributed by atoms with Crippen molar-refractivity contribution in [2.75, 3.05) is 147 Å². The molecule has 0 aliphatic carbocycles. The summed E-state index contributed by atoms with van der Waals surface area (Å²) in [5.41, 5.74) is 11.4. The second-order valence-electron chi connectivity index (χ2n) is 19.8. The Morgan fingerprint density at radius 1 is 0.414 bits per heavy atom. The van der Waals surface area contributed by atoms with E-state index in [1.54, 1.807) is 118 Å². The fourth-order valence-corrected chi connectivity index (χ4v) is 6.33. The van der Waals surface area contributed by atoms with Gasteiger partial charge in [0, 0.05) is 67.7 Å². The number of carbonyl (C=O) groups excluding carboxylic acids is 6. The van der Waals surface area contributed by atoms with Crippen molar-refractivity contribution in [2.24, 2.45) is 11.5 Å². The molecule has 0 atom stereocenters. The molecule has 6 aromatic heterocycles. The number of aromatic carboxylic acids is 1. The van der Waals surface area contributed by atoms with E-state index in [0.29, 0.717) is 132 Å². The molecule has 544 valence electrons. The van der Waals surface area contributed by atoms with E-state index in [1.165, 1.54) is 55.4 Å². The van der Waals surface area contributed by atoms with Gasteiger partial charge in [0.1, 0.15) is 107 Å². The van der Waals surface area contributed by atoms with Crippen molar-refractivity contribution in [1.29, 1.82) is 0 Å². The van der Waals surface area contributed by atoms with Gasteiger partial charge in [-0.2, -0.15) is 0 Å². The summed E-state index contributed by atoms with van der Waals surface area (Å²) in [5.74, 6) is 0.0802. The molecular weight excluding hydrogens is 1300 g/mol. The maximum atomic E-state index is 11.9. The zero-order chi connectivity index (χ0) is 73.5. The Hall–Kier alpha value is -10.5. The van der Waals surface area contributed by atoms with E-state index < -0.39 is 29.6 Å². The number of nitrogens with two attached hydrogens (primary N) is 2. The van der Waals surface area contributed by atoms with Gasteiger partial charge in [0.2, 0.25) is 0 Å². The molecule has 0 saturated heterocycles. The quantitative estimate of drug-likeness (QED) is 0.0159. The predicted octanol–water partition coefficient (Wildman–Crippen LogP) is 3.35. The van der Waals surface area contributed by atoms with Crippen LogP contribution in [-0.2, 0) is 33.2 Å². The lowest BCUT2D eigenvalue weighted by molar-refractivity contribution is 0.0510. The Balaban J connectivity index is 0.000000602. The van der Waals surface area contributed by atoms with E-state index in [9.17, 15) is 33.6 Å². The number of aliphatic hydroxyl groups is 1. The molecule has 6 aromatic rings. The lowest BCUT2D eigenvalue weighted by Gasteiger charge is -2.19. The first-order valence-electron chi connectivity index (χ1n) is 30.6. The number of rotatable bonds is 34. The topological polar surface area (TPSA) is 468 Å². The zero-order valence-corrected chi connectivity index (χ0v) is 57.1. The molecule has 0 aliphatic heterocycles. The number of methoxy groups -OCH3 is 4. The van der Waals surface area contributed by atoms with Gasteiger partial charge in [0.25, 0.3) is 17.7 Å². The molecule has 4 amide bonds. The average molecular weight is 1390 g/mol. The second kappa shape index (κ2) is 53.6. The first-order chi connectivity index (χ1) is 47.6. The van der Waals surface area contributed by atoms with Gasteiger partial charge in [0.15, 0.2) is 0 Å². The van der Waals surface area contributed by atoms with Crippen molar-refractivity contribution in [1.82, 2.24) is 51.2 Å². The SMILES string of the molecule is CCOC(=O)c1ccc(O)cn1.CCOC(=O)c1ccc(OCCOC)cn1.COCCOc1ccc(C(=O)NCCN)nc1.COCCOc1ccc(C(=O)NCCNC(=O)OC(C)(C)C)nc1.COCCOc1ccc(C(=O)O)nc1.NCCNC(=O)c1ccc(OCCO)cn1. The summed E-state index contributed by atoms with van der Waals surface area (Å²) in [7, 11) is 6.37. The monoisotopic (exact) mass is 1390 g/mol. The summed E-state index contributed by atoms with van der Waals surface area (Å²) >= 11 is 0. The highest BCUT2D eigenvalue weighted by Crippen LogP contribution is 2.14. The van der Waals surface area contributed by atoms with Crippen LogP contribution in [0.1, 0.15) is 97.5 Å². The number of ether oxygens (including phenoxy) is 12. The standard InChI is InChI=1S/C16H25N3O5.C11H17N3O3.C11H15NO4.C10H15N3O3.C9H11NO4.C8H9NO3/c1-16(2,3)24-15(21)18-8-7-17-14(20)13-6-5-12(11-19-13)23-10-9-22-4;1-16-6-7-17-9-2-3-10(14-8-9)11(15)13-5-4-12;1-3-15-11(13)10-5-4-9(8-12-10)16-7-6-14-2;11-3-4-12-10(15)9-2-1-8(7-13-9)16-6-5-14;1-13-4-5-14-7-2-3-8(9(11)12)10-6-7;1-2-12-8(11)7-4-3-6(10)5-9-7/h5-6,11H,7-10H2,1-4H3,(H,17,20)(H,18,21);2-3,8H,4-7,12H2,1H3,(H,13,15);4-5,8H,3,6-7H2,1-2H3;1-2,7,14H,3-6,11H2,(H,12,15);2-3,6H,4-5H2,1H3,(H,11,12);3-5,10H,2H2,1H3. The average Bonchev–Trinajstić information content (AvgIpc) is 1.73. The first-order valence-corrected chi connectivity index (χ1v) is 30.6. The molecule has 99 heavy (non-hydrogen) atoms. The summed E-state index contributed by atoms with van der Waals surface area (Å²) in [4.78, 5) is 102. The van der Waals surface area contributed by atoms with E-state index in [4.69, 9.17) is 78.9 Å². The number of carboxylic acids is 1. The summed E-state index contributed by atoms with van der Waals surface area (Å²) in [6, 6.07) is 18.7. The first kappa shape index (κ1) is 86.5. The molecule has 0 spiro atoms. The predicted molar refractivity (Wildman–Crippen MR) is 357 cm³/mol.